The summed E-state index contributed by atoms with van der Waals surface area (Å²) in [5.74, 6) is -0.320. The number of rotatable bonds is 4. The Morgan fingerprint density at radius 3 is 2.65 bits per heavy atom. The normalized spacial score (nSPS) is 14.5. The van der Waals surface area contributed by atoms with Crippen LogP contribution in [-0.4, -0.2) is 50.0 Å². The van der Waals surface area contributed by atoms with E-state index in [9.17, 15) is 9.59 Å². The molecule has 1 aliphatic heterocycles. The van der Waals surface area contributed by atoms with Gasteiger partial charge in [0.15, 0.2) is 0 Å². The molecule has 2 heterocycles. The summed E-state index contributed by atoms with van der Waals surface area (Å²) in [7, 11) is 0. The highest BCUT2D eigenvalue weighted by atomic mass is 16.2. The van der Waals surface area contributed by atoms with Crippen LogP contribution in [0.15, 0.2) is 30.6 Å². The largest absolute Gasteiger partial charge is 0.339 e. The number of hydrogen-bond acceptors (Lipinski definition) is 5. The van der Waals surface area contributed by atoms with Crippen molar-refractivity contribution in [2.45, 2.75) is 25.8 Å². The average molecular weight is 314 g/mol. The Bertz CT molecular complexity index is 679. The molecule has 0 atom stereocenters. The van der Waals surface area contributed by atoms with E-state index in [0.717, 1.165) is 32.4 Å². The van der Waals surface area contributed by atoms with Gasteiger partial charge in [-0.05, 0) is 41.8 Å². The van der Waals surface area contributed by atoms with E-state index in [2.05, 4.69) is 20.8 Å². The van der Waals surface area contributed by atoms with Crippen molar-refractivity contribution in [3.05, 3.63) is 36.2 Å². The zero-order chi connectivity index (χ0) is 16.1. The van der Waals surface area contributed by atoms with E-state index in [4.69, 9.17) is 0 Å². The smallest absolute Gasteiger partial charge is 0.255 e. The molecule has 1 aromatic carbocycles. The van der Waals surface area contributed by atoms with Crippen LogP contribution in [0.3, 0.4) is 0 Å². The predicted octanol–water partition coefficient (Wildman–Crippen LogP) is 0.938. The fourth-order valence-electron chi connectivity index (χ4n) is 2.64. The summed E-state index contributed by atoms with van der Waals surface area (Å²) in [5, 5.41) is 13.4. The number of hydrogen-bond donors (Lipinski definition) is 1. The van der Waals surface area contributed by atoms with E-state index >= 15 is 0 Å². The molecule has 0 unspecified atom stereocenters. The summed E-state index contributed by atoms with van der Waals surface area (Å²) in [6.45, 7) is 1.54. The number of nitrogens with zero attached hydrogens (tertiary/aromatic N) is 5. The van der Waals surface area contributed by atoms with Gasteiger partial charge in [-0.3, -0.25) is 9.59 Å². The van der Waals surface area contributed by atoms with Crippen LogP contribution >= 0.6 is 0 Å². The van der Waals surface area contributed by atoms with Crippen LogP contribution in [0.2, 0.25) is 0 Å². The molecule has 0 bridgehead atoms. The molecule has 2 aromatic rings. The fraction of sp³-hybridized carbons (Fsp3) is 0.400. The first-order valence-electron chi connectivity index (χ1n) is 7.63. The minimum Gasteiger partial charge on any atom is -0.339 e. The Morgan fingerprint density at radius 1 is 1.13 bits per heavy atom. The maximum absolute atomic E-state index is 12.7. The van der Waals surface area contributed by atoms with Gasteiger partial charge < -0.3 is 10.2 Å². The Kier molecular flexibility index (Phi) is 4.60. The van der Waals surface area contributed by atoms with E-state index < -0.39 is 0 Å². The maximum atomic E-state index is 12.7. The second-order valence-electron chi connectivity index (χ2n) is 5.45. The third-order valence-corrected chi connectivity index (χ3v) is 3.77. The molecule has 2 amide bonds. The van der Waals surface area contributed by atoms with Gasteiger partial charge in [-0.2, -0.15) is 0 Å². The minimum absolute atomic E-state index is 0.000755. The lowest BCUT2D eigenvalue weighted by atomic mass is 10.1. The number of para-hydroxylation sites is 1. The van der Waals surface area contributed by atoms with Gasteiger partial charge >= 0.3 is 0 Å². The van der Waals surface area contributed by atoms with Gasteiger partial charge in [0.1, 0.15) is 12.9 Å². The number of tetrazole rings is 1. The first kappa shape index (κ1) is 15.1. The number of piperidine rings is 1. The van der Waals surface area contributed by atoms with Crippen molar-refractivity contribution in [3.63, 3.8) is 0 Å². The first-order valence-corrected chi connectivity index (χ1v) is 7.63. The van der Waals surface area contributed by atoms with Crippen LogP contribution < -0.4 is 5.32 Å². The summed E-state index contributed by atoms with van der Waals surface area (Å²) in [4.78, 5) is 26.6. The van der Waals surface area contributed by atoms with Crippen molar-refractivity contribution in [2.24, 2.45) is 0 Å². The molecule has 0 spiro atoms. The highest BCUT2D eigenvalue weighted by molar-refractivity contribution is 6.03. The van der Waals surface area contributed by atoms with Gasteiger partial charge in [0.05, 0.1) is 11.3 Å². The number of carbonyl (C=O) groups is 2. The third-order valence-electron chi connectivity index (χ3n) is 3.77. The van der Waals surface area contributed by atoms with Crippen molar-refractivity contribution >= 4 is 17.5 Å². The van der Waals surface area contributed by atoms with Crippen LogP contribution in [0.1, 0.15) is 29.6 Å². The van der Waals surface area contributed by atoms with Crippen molar-refractivity contribution in [2.75, 3.05) is 18.4 Å². The molecule has 1 aliphatic rings. The summed E-state index contributed by atoms with van der Waals surface area (Å²) in [5.41, 5.74) is 1.03. The minimum atomic E-state index is -0.281. The van der Waals surface area contributed by atoms with Gasteiger partial charge in [-0.25, -0.2) is 4.68 Å². The summed E-state index contributed by atoms with van der Waals surface area (Å²) >= 11 is 0. The van der Waals surface area contributed by atoms with E-state index in [1.165, 1.54) is 11.0 Å². The van der Waals surface area contributed by atoms with E-state index in [1.807, 2.05) is 4.90 Å². The molecule has 1 fully saturated rings. The van der Waals surface area contributed by atoms with Gasteiger partial charge in [0.2, 0.25) is 5.91 Å². The molecule has 8 heteroatoms. The number of amides is 2. The quantitative estimate of drug-likeness (QED) is 0.906. The van der Waals surface area contributed by atoms with Gasteiger partial charge in [-0.1, -0.05) is 12.1 Å². The molecule has 0 saturated carbocycles. The predicted molar refractivity (Wildman–Crippen MR) is 82.6 cm³/mol. The average Bonchev–Trinajstić information content (AvgIpc) is 3.08. The molecule has 1 aromatic heterocycles. The Labute approximate surface area is 133 Å². The molecular formula is C15H18N6O2. The van der Waals surface area contributed by atoms with Crippen molar-refractivity contribution < 1.29 is 9.59 Å². The lowest BCUT2D eigenvalue weighted by Gasteiger charge is -2.27. The molecular weight excluding hydrogens is 296 g/mol. The molecule has 23 heavy (non-hydrogen) atoms. The van der Waals surface area contributed by atoms with E-state index in [1.54, 1.807) is 24.3 Å². The van der Waals surface area contributed by atoms with Crippen LogP contribution in [0.5, 0.6) is 0 Å². The zero-order valence-electron chi connectivity index (χ0n) is 12.7. The van der Waals surface area contributed by atoms with E-state index in [0.29, 0.717) is 11.3 Å². The molecule has 3 rings (SSSR count). The first-order chi connectivity index (χ1) is 11.2. The second-order valence-corrected chi connectivity index (χ2v) is 5.45. The SMILES string of the molecule is O=C(Cn1cnnn1)Nc1ccccc1C(=O)N1CCCCC1. The van der Waals surface area contributed by atoms with Gasteiger partial charge in [0, 0.05) is 13.1 Å². The van der Waals surface area contributed by atoms with Crippen molar-refractivity contribution in [1.29, 1.82) is 0 Å². The highest BCUT2D eigenvalue weighted by Crippen LogP contribution is 2.20. The maximum Gasteiger partial charge on any atom is 0.255 e. The number of anilines is 1. The van der Waals surface area contributed by atoms with Gasteiger partial charge in [0.25, 0.3) is 5.91 Å². The Balaban J connectivity index is 1.72. The fourth-order valence-corrected chi connectivity index (χ4v) is 2.64. The number of aromatic nitrogens is 4. The van der Waals surface area contributed by atoms with Crippen LogP contribution in [-0.2, 0) is 11.3 Å². The summed E-state index contributed by atoms with van der Waals surface area (Å²) < 4.78 is 1.32. The molecule has 0 aliphatic carbocycles. The second kappa shape index (κ2) is 6.99. The molecule has 1 saturated heterocycles. The Morgan fingerprint density at radius 2 is 1.91 bits per heavy atom. The van der Waals surface area contributed by atoms with Crippen molar-refractivity contribution in [3.8, 4) is 0 Å². The monoisotopic (exact) mass is 314 g/mol. The summed E-state index contributed by atoms with van der Waals surface area (Å²) in [6.07, 6.45) is 4.58. The number of nitrogens with one attached hydrogen (secondary N) is 1. The lowest BCUT2D eigenvalue weighted by Crippen LogP contribution is -2.36. The third kappa shape index (κ3) is 3.71. The number of carbonyl (C=O) groups excluding carboxylic acids is 2. The molecule has 120 valence electrons. The lowest BCUT2D eigenvalue weighted by molar-refractivity contribution is -0.116. The summed E-state index contributed by atoms with van der Waals surface area (Å²) in [6, 6.07) is 7.06. The van der Waals surface area contributed by atoms with Crippen molar-refractivity contribution in [1.82, 2.24) is 25.1 Å². The number of benzene rings is 1. The highest BCUT2D eigenvalue weighted by Gasteiger charge is 2.21. The molecule has 0 radical (unpaired) electrons. The molecule has 1 N–H and O–H groups in total. The zero-order valence-corrected chi connectivity index (χ0v) is 12.7. The van der Waals surface area contributed by atoms with Crippen LogP contribution in [0.4, 0.5) is 5.69 Å². The van der Waals surface area contributed by atoms with Gasteiger partial charge in [-0.15, -0.1) is 5.10 Å². The van der Waals surface area contributed by atoms with Crippen LogP contribution in [0, 0.1) is 0 Å². The van der Waals surface area contributed by atoms with Crippen LogP contribution in [0.25, 0.3) is 0 Å². The number of likely N-dealkylation sites (tertiary alicyclic amines) is 1. The Hall–Kier alpha value is -2.77. The topological polar surface area (TPSA) is 93.0 Å². The molecule has 8 nitrogen and oxygen atoms in total. The standard InChI is InChI=1S/C15H18N6O2/c22-14(10-21-11-16-18-19-21)17-13-7-3-2-6-12(13)15(23)20-8-4-1-5-9-20/h2-3,6-7,11H,1,4-5,8-10H2,(H,17,22). The van der Waals surface area contributed by atoms with E-state index in [-0.39, 0.29) is 18.4 Å².